The van der Waals surface area contributed by atoms with Crippen molar-refractivity contribution in [1.82, 2.24) is 10.6 Å². The van der Waals surface area contributed by atoms with E-state index < -0.39 is 5.97 Å². The molecule has 116 valence electrons. The van der Waals surface area contributed by atoms with Crippen molar-refractivity contribution >= 4 is 23.3 Å². The number of carboxylic acids is 1. The quantitative estimate of drug-likeness (QED) is 0.782. The highest BCUT2D eigenvalue weighted by molar-refractivity contribution is 7.10. The molecule has 1 aliphatic carbocycles. The van der Waals surface area contributed by atoms with E-state index in [-0.39, 0.29) is 18.0 Å². The topological polar surface area (TPSA) is 78.4 Å². The summed E-state index contributed by atoms with van der Waals surface area (Å²) in [5, 5.41) is 16.8. The van der Waals surface area contributed by atoms with Crippen molar-refractivity contribution < 1.29 is 14.7 Å². The van der Waals surface area contributed by atoms with Crippen molar-refractivity contribution in [3.05, 3.63) is 21.9 Å². The van der Waals surface area contributed by atoms with Crippen molar-refractivity contribution in [2.45, 2.75) is 51.6 Å². The number of rotatable bonds is 5. The lowest BCUT2D eigenvalue weighted by Gasteiger charge is -2.26. The fraction of sp³-hybridized carbons (Fsp3) is 0.600. The van der Waals surface area contributed by atoms with Crippen LogP contribution in [0.1, 0.15) is 43.0 Å². The number of nitrogens with one attached hydrogen (secondary N) is 2. The van der Waals surface area contributed by atoms with E-state index >= 15 is 0 Å². The summed E-state index contributed by atoms with van der Waals surface area (Å²) in [6.45, 7) is 2.66. The maximum absolute atomic E-state index is 11.9. The molecule has 0 aliphatic heterocycles. The van der Waals surface area contributed by atoms with Gasteiger partial charge in [-0.1, -0.05) is 6.92 Å². The summed E-state index contributed by atoms with van der Waals surface area (Å²) < 4.78 is 0. The molecule has 1 aromatic rings. The van der Waals surface area contributed by atoms with E-state index in [0.29, 0.717) is 19.4 Å². The van der Waals surface area contributed by atoms with Crippen LogP contribution in [0.4, 0.5) is 4.79 Å². The second kappa shape index (κ2) is 7.45. The Hall–Kier alpha value is -1.56. The first-order valence-electron chi connectivity index (χ1n) is 7.42. The number of carbonyl (C=O) groups is 2. The van der Waals surface area contributed by atoms with Crippen LogP contribution in [-0.2, 0) is 17.8 Å². The van der Waals surface area contributed by atoms with E-state index in [4.69, 9.17) is 5.11 Å². The lowest BCUT2D eigenvalue weighted by Crippen LogP contribution is -2.43. The molecule has 0 radical (unpaired) electrons. The monoisotopic (exact) mass is 310 g/mol. The summed E-state index contributed by atoms with van der Waals surface area (Å²) in [4.78, 5) is 24.0. The molecule has 1 fully saturated rings. The van der Waals surface area contributed by atoms with Crippen LogP contribution in [0.5, 0.6) is 0 Å². The second-order valence-electron chi connectivity index (χ2n) is 5.44. The van der Waals surface area contributed by atoms with E-state index in [9.17, 15) is 9.59 Å². The van der Waals surface area contributed by atoms with Crippen molar-refractivity contribution in [1.29, 1.82) is 0 Å². The minimum absolute atomic E-state index is 0.0922. The third kappa shape index (κ3) is 4.46. The molecule has 0 atom stereocenters. The first kappa shape index (κ1) is 15.8. The minimum atomic E-state index is -0.720. The van der Waals surface area contributed by atoms with E-state index in [0.717, 1.165) is 19.3 Å². The van der Waals surface area contributed by atoms with Gasteiger partial charge in [-0.3, -0.25) is 4.79 Å². The third-order valence-electron chi connectivity index (χ3n) is 4.04. The predicted molar refractivity (Wildman–Crippen MR) is 82.5 cm³/mol. The molecule has 2 amide bonds. The molecule has 0 bridgehead atoms. The zero-order chi connectivity index (χ0) is 15.2. The smallest absolute Gasteiger partial charge is 0.315 e. The molecule has 0 aromatic carbocycles. The molecule has 3 N–H and O–H groups in total. The van der Waals surface area contributed by atoms with Crippen LogP contribution in [-0.4, -0.2) is 23.1 Å². The maximum Gasteiger partial charge on any atom is 0.315 e. The Kier molecular flexibility index (Phi) is 5.61. The van der Waals surface area contributed by atoms with Crippen LogP contribution in [0.3, 0.4) is 0 Å². The highest BCUT2D eigenvalue weighted by atomic mass is 32.1. The van der Waals surface area contributed by atoms with E-state index in [1.54, 1.807) is 11.3 Å². The Morgan fingerprint density at radius 2 is 2.05 bits per heavy atom. The van der Waals surface area contributed by atoms with Crippen LogP contribution >= 0.6 is 11.3 Å². The predicted octanol–water partition coefficient (Wildman–Crippen LogP) is 2.75. The molecule has 1 aromatic heterocycles. The third-order valence-corrected chi connectivity index (χ3v) is 5.00. The van der Waals surface area contributed by atoms with Gasteiger partial charge >= 0.3 is 12.0 Å². The van der Waals surface area contributed by atoms with Crippen LogP contribution in [0.15, 0.2) is 11.4 Å². The number of hydrogen-bond donors (Lipinski definition) is 3. The number of aryl methyl sites for hydroxylation is 1. The molecule has 6 heteroatoms. The number of amides is 2. The Balaban J connectivity index is 1.72. The average Bonchev–Trinajstić information content (AvgIpc) is 2.93. The Morgan fingerprint density at radius 1 is 1.33 bits per heavy atom. The second-order valence-corrected chi connectivity index (χ2v) is 6.44. The summed E-state index contributed by atoms with van der Waals surface area (Å²) in [5.74, 6) is -0.966. The number of aliphatic carboxylic acids is 1. The van der Waals surface area contributed by atoms with Crippen molar-refractivity contribution in [3.63, 3.8) is 0 Å². The fourth-order valence-electron chi connectivity index (χ4n) is 2.72. The number of carboxylic acid groups (broad SMARTS) is 1. The Bertz CT molecular complexity index is 493. The van der Waals surface area contributed by atoms with Crippen LogP contribution in [0.25, 0.3) is 0 Å². The highest BCUT2D eigenvalue weighted by Crippen LogP contribution is 2.24. The molecule has 1 aliphatic rings. The maximum atomic E-state index is 11.9. The van der Waals surface area contributed by atoms with Crippen LogP contribution < -0.4 is 10.6 Å². The summed E-state index contributed by atoms with van der Waals surface area (Å²) in [6, 6.07) is 2.02. The van der Waals surface area contributed by atoms with Gasteiger partial charge in [0.1, 0.15) is 0 Å². The van der Waals surface area contributed by atoms with Gasteiger partial charge in [-0.05, 0) is 49.1 Å². The first-order valence-corrected chi connectivity index (χ1v) is 8.30. The van der Waals surface area contributed by atoms with Crippen LogP contribution in [0.2, 0.25) is 0 Å². The molecule has 0 spiro atoms. The fourth-order valence-corrected chi connectivity index (χ4v) is 3.63. The zero-order valence-electron chi connectivity index (χ0n) is 12.2. The largest absolute Gasteiger partial charge is 0.481 e. The average molecular weight is 310 g/mol. The SMILES string of the molecule is CCc1ccsc1CNC(=O)NC1CCC(C(=O)O)CC1. The highest BCUT2D eigenvalue weighted by Gasteiger charge is 2.26. The van der Waals surface area contributed by atoms with Crippen LogP contribution in [0, 0.1) is 5.92 Å². The Morgan fingerprint density at radius 3 is 2.67 bits per heavy atom. The van der Waals surface area contributed by atoms with Gasteiger partial charge < -0.3 is 15.7 Å². The first-order chi connectivity index (χ1) is 10.1. The molecule has 1 saturated carbocycles. The number of carbonyl (C=O) groups excluding carboxylic acids is 1. The van der Waals surface area contributed by atoms with Gasteiger partial charge in [0.15, 0.2) is 0 Å². The van der Waals surface area contributed by atoms with Gasteiger partial charge in [-0.25, -0.2) is 4.79 Å². The van der Waals surface area contributed by atoms with Crippen molar-refractivity contribution in [3.8, 4) is 0 Å². The van der Waals surface area contributed by atoms with E-state index in [2.05, 4.69) is 23.6 Å². The normalized spacial score (nSPS) is 21.8. The van der Waals surface area contributed by atoms with Crippen molar-refractivity contribution in [2.75, 3.05) is 0 Å². The Labute approximate surface area is 128 Å². The van der Waals surface area contributed by atoms with Gasteiger partial charge in [0.2, 0.25) is 0 Å². The molecular weight excluding hydrogens is 288 g/mol. The standard InChI is InChI=1S/C15H22N2O3S/c1-2-10-7-8-21-13(10)9-16-15(20)17-12-5-3-11(4-6-12)14(18)19/h7-8,11-12H,2-6,9H2,1H3,(H,18,19)(H2,16,17,20). The van der Waals surface area contributed by atoms with Gasteiger partial charge in [-0.2, -0.15) is 0 Å². The molecule has 21 heavy (non-hydrogen) atoms. The summed E-state index contributed by atoms with van der Waals surface area (Å²) in [6.07, 6.45) is 3.74. The zero-order valence-corrected chi connectivity index (χ0v) is 13.0. The summed E-state index contributed by atoms with van der Waals surface area (Å²) >= 11 is 1.66. The lowest BCUT2D eigenvalue weighted by molar-refractivity contribution is -0.142. The van der Waals surface area contributed by atoms with Crippen molar-refractivity contribution in [2.24, 2.45) is 5.92 Å². The molecule has 2 rings (SSSR count). The lowest BCUT2D eigenvalue weighted by atomic mass is 9.86. The van der Waals surface area contributed by atoms with Gasteiger partial charge in [0, 0.05) is 10.9 Å². The summed E-state index contributed by atoms with van der Waals surface area (Å²) in [7, 11) is 0. The van der Waals surface area contributed by atoms with E-state index in [1.165, 1.54) is 10.4 Å². The molecule has 5 nitrogen and oxygen atoms in total. The number of urea groups is 1. The number of thiophene rings is 1. The van der Waals surface area contributed by atoms with Gasteiger partial charge in [0.25, 0.3) is 0 Å². The molecule has 0 saturated heterocycles. The molecular formula is C15H22N2O3S. The minimum Gasteiger partial charge on any atom is -0.481 e. The summed E-state index contributed by atoms with van der Waals surface area (Å²) in [5.41, 5.74) is 1.28. The molecule has 0 unspecified atom stereocenters. The van der Waals surface area contributed by atoms with Gasteiger partial charge in [0.05, 0.1) is 12.5 Å². The van der Waals surface area contributed by atoms with E-state index in [1.807, 2.05) is 5.38 Å². The van der Waals surface area contributed by atoms with Gasteiger partial charge in [-0.15, -0.1) is 11.3 Å². The number of hydrogen-bond acceptors (Lipinski definition) is 3. The molecule has 1 heterocycles.